The van der Waals surface area contributed by atoms with Crippen molar-refractivity contribution < 1.29 is 14.7 Å². The molecule has 0 fully saturated rings. The summed E-state index contributed by atoms with van der Waals surface area (Å²) in [5.41, 5.74) is 1.10. The molecule has 0 aliphatic carbocycles. The van der Waals surface area contributed by atoms with Crippen LogP contribution in [0.3, 0.4) is 0 Å². The zero-order chi connectivity index (χ0) is 11.3. The van der Waals surface area contributed by atoms with Crippen molar-refractivity contribution in [3.8, 4) is 0 Å². The van der Waals surface area contributed by atoms with E-state index in [2.05, 4.69) is 10.6 Å². The quantitative estimate of drug-likeness (QED) is 0.675. The van der Waals surface area contributed by atoms with Crippen LogP contribution in [0.25, 0.3) is 0 Å². The predicted molar refractivity (Wildman–Crippen MR) is 56.0 cm³/mol. The van der Waals surface area contributed by atoms with Gasteiger partial charge in [-0.25, -0.2) is 0 Å². The van der Waals surface area contributed by atoms with Crippen LogP contribution < -0.4 is 10.6 Å². The number of amides is 1. The zero-order valence-electron chi connectivity index (χ0n) is 8.28. The van der Waals surface area contributed by atoms with Crippen LogP contribution in [0.4, 0.5) is 5.69 Å². The Bertz CT molecular complexity index is 377. The summed E-state index contributed by atoms with van der Waals surface area (Å²) >= 11 is 0. The molecular weight excluding hydrogens is 196 g/mol. The molecule has 0 heterocycles. The maximum absolute atomic E-state index is 11.2. The Kier molecular flexibility index (Phi) is 3.68. The Morgan fingerprint density at radius 2 is 2.13 bits per heavy atom. The summed E-state index contributed by atoms with van der Waals surface area (Å²) < 4.78 is 0. The summed E-state index contributed by atoms with van der Waals surface area (Å²) in [4.78, 5) is 21.6. The van der Waals surface area contributed by atoms with Gasteiger partial charge in [-0.1, -0.05) is 6.07 Å². The number of benzene rings is 1. The molecule has 1 aromatic carbocycles. The number of hydrogen-bond donors (Lipinski definition) is 3. The minimum atomic E-state index is -0.944. The van der Waals surface area contributed by atoms with Crippen molar-refractivity contribution in [3.63, 3.8) is 0 Å². The first-order valence-corrected chi connectivity index (χ1v) is 4.41. The Balaban J connectivity index is 2.74. The van der Waals surface area contributed by atoms with Crippen LogP contribution >= 0.6 is 0 Å². The van der Waals surface area contributed by atoms with Gasteiger partial charge in [0.15, 0.2) is 0 Å². The molecular formula is C10H12N2O3. The minimum absolute atomic E-state index is 0.169. The lowest BCUT2D eigenvalue weighted by atomic mass is 10.2. The largest absolute Gasteiger partial charge is 0.480 e. The van der Waals surface area contributed by atoms with E-state index in [1.807, 2.05) is 0 Å². The number of carbonyl (C=O) groups is 2. The molecule has 0 radical (unpaired) electrons. The van der Waals surface area contributed by atoms with Crippen molar-refractivity contribution in [1.82, 2.24) is 5.32 Å². The second kappa shape index (κ2) is 4.99. The molecule has 1 amide bonds. The SMILES string of the molecule is CNC(=O)c1cccc(NCC(=O)O)c1. The monoisotopic (exact) mass is 208 g/mol. The van der Waals surface area contributed by atoms with E-state index in [1.54, 1.807) is 31.3 Å². The predicted octanol–water partition coefficient (Wildman–Crippen LogP) is 0.543. The van der Waals surface area contributed by atoms with Gasteiger partial charge in [0.05, 0.1) is 0 Å². The molecule has 0 atom stereocenters. The summed E-state index contributed by atoms with van der Waals surface area (Å²) in [6.45, 7) is -0.169. The molecule has 15 heavy (non-hydrogen) atoms. The van der Waals surface area contributed by atoms with Crippen LogP contribution in [0.5, 0.6) is 0 Å². The van der Waals surface area contributed by atoms with Crippen LogP contribution in [0.15, 0.2) is 24.3 Å². The van der Waals surface area contributed by atoms with Crippen LogP contribution in [0, 0.1) is 0 Å². The third kappa shape index (κ3) is 3.30. The number of hydrogen-bond acceptors (Lipinski definition) is 3. The molecule has 0 aliphatic rings. The topological polar surface area (TPSA) is 78.4 Å². The molecule has 1 rings (SSSR count). The van der Waals surface area contributed by atoms with Gasteiger partial charge in [-0.2, -0.15) is 0 Å². The van der Waals surface area contributed by atoms with Crippen molar-refractivity contribution in [1.29, 1.82) is 0 Å². The van der Waals surface area contributed by atoms with E-state index in [4.69, 9.17) is 5.11 Å². The van der Waals surface area contributed by atoms with Crippen LogP contribution in [0.2, 0.25) is 0 Å². The zero-order valence-corrected chi connectivity index (χ0v) is 8.28. The van der Waals surface area contributed by atoms with Gasteiger partial charge in [0.1, 0.15) is 6.54 Å². The lowest BCUT2D eigenvalue weighted by Gasteiger charge is -2.05. The number of carboxylic acid groups (broad SMARTS) is 1. The normalized spacial score (nSPS) is 9.40. The van der Waals surface area contributed by atoms with E-state index < -0.39 is 5.97 Å². The number of aliphatic carboxylic acids is 1. The summed E-state index contributed by atoms with van der Waals surface area (Å²) in [5, 5.41) is 13.6. The number of rotatable bonds is 4. The maximum Gasteiger partial charge on any atom is 0.322 e. The molecule has 5 nitrogen and oxygen atoms in total. The highest BCUT2D eigenvalue weighted by atomic mass is 16.4. The smallest absolute Gasteiger partial charge is 0.322 e. The molecule has 0 spiro atoms. The fourth-order valence-electron chi connectivity index (χ4n) is 1.09. The van der Waals surface area contributed by atoms with Gasteiger partial charge in [-0.3, -0.25) is 9.59 Å². The van der Waals surface area contributed by atoms with Gasteiger partial charge < -0.3 is 15.7 Å². The van der Waals surface area contributed by atoms with Crippen LogP contribution in [-0.2, 0) is 4.79 Å². The number of carboxylic acids is 1. The number of nitrogens with one attached hydrogen (secondary N) is 2. The molecule has 80 valence electrons. The Morgan fingerprint density at radius 3 is 2.73 bits per heavy atom. The van der Waals surface area contributed by atoms with E-state index in [1.165, 1.54) is 0 Å². The third-order valence-electron chi connectivity index (χ3n) is 1.80. The van der Waals surface area contributed by atoms with Crippen molar-refractivity contribution >= 4 is 17.6 Å². The average Bonchev–Trinajstić information content (AvgIpc) is 2.25. The Hall–Kier alpha value is -2.04. The third-order valence-corrected chi connectivity index (χ3v) is 1.80. The lowest BCUT2D eigenvalue weighted by molar-refractivity contribution is -0.134. The fraction of sp³-hybridized carbons (Fsp3) is 0.200. The molecule has 0 unspecified atom stereocenters. The van der Waals surface area contributed by atoms with E-state index in [9.17, 15) is 9.59 Å². The number of anilines is 1. The van der Waals surface area contributed by atoms with E-state index in [0.29, 0.717) is 11.3 Å². The highest BCUT2D eigenvalue weighted by Crippen LogP contribution is 2.09. The van der Waals surface area contributed by atoms with E-state index in [0.717, 1.165) is 0 Å². The van der Waals surface area contributed by atoms with Crippen molar-refractivity contribution in [2.75, 3.05) is 18.9 Å². The molecule has 5 heteroatoms. The molecule has 1 aromatic rings. The van der Waals surface area contributed by atoms with Gasteiger partial charge >= 0.3 is 5.97 Å². The van der Waals surface area contributed by atoms with Gasteiger partial charge in [0.25, 0.3) is 5.91 Å². The highest BCUT2D eigenvalue weighted by molar-refractivity contribution is 5.94. The van der Waals surface area contributed by atoms with E-state index >= 15 is 0 Å². The van der Waals surface area contributed by atoms with Gasteiger partial charge in [-0.15, -0.1) is 0 Å². The highest BCUT2D eigenvalue weighted by Gasteiger charge is 2.03. The van der Waals surface area contributed by atoms with Gasteiger partial charge in [0, 0.05) is 18.3 Å². The van der Waals surface area contributed by atoms with Crippen LogP contribution in [-0.4, -0.2) is 30.6 Å². The summed E-state index contributed by atoms with van der Waals surface area (Å²) in [6.07, 6.45) is 0. The Morgan fingerprint density at radius 1 is 1.40 bits per heavy atom. The standard InChI is InChI=1S/C10H12N2O3/c1-11-10(15)7-3-2-4-8(5-7)12-6-9(13)14/h2-5,12H,6H2,1H3,(H,11,15)(H,13,14). The Labute approximate surface area is 87.1 Å². The van der Waals surface area contributed by atoms with Gasteiger partial charge in [0.2, 0.25) is 0 Å². The molecule has 0 aromatic heterocycles. The fourth-order valence-corrected chi connectivity index (χ4v) is 1.09. The summed E-state index contributed by atoms with van der Waals surface area (Å²) in [6, 6.07) is 6.65. The van der Waals surface area contributed by atoms with Crippen molar-refractivity contribution in [3.05, 3.63) is 29.8 Å². The second-order valence-corrected chi connectivity index (χ2v) is 2.91. The molecule has 0 bridgehead atoms. The first-order valence-electron chi connectivity index (χ1n) is 4.41. The molecule has 3 N–H and O–H groups in total. The molecule has 0 saturated heterocycles. The minimum Gasteiger partial charge on any atom is -0.480 e. The van der Waals surface area contributed by atoms with E-state index in [-0.39, 0.29) is 12.5 Å². The molecule has 0 saturated carbocycles. The van der Waals surface area contributed by atoms with Crippen molar-refractivity contribution in [2.45, 2.75) is 0 Å². The second-order valence-electron chi connectivity index (χ2n) is 2.91. The number of carbonyl (C=O) groups excluding carboxylic acids is 1. The van der Waals surface area contributed by atoms with Crippen molar-refractivity contribution in [2.24, 2.45) is 0 Å². The van der Waals surface area contributed by atoms with Crippen LogP contribution in [0.1, 0.15) is 10.4 Å². The maximum atomic E-state index is 11.2. The average molecular weight is 208 g/mol. The molecule has 0 aliphatic heterocycles. The lowest BCUT2D eigenvalue weighted by Crippen LogP contribution is -2.18. The summed E-state index contributed by atoms with van der Waals surface area (Å²) in [7, 11) is 1.54. The first-order chi connectivity index (χ1) is 7.13. The van der Waals surface area contributed by atoms with Gasteiger partial charge in [-0.05, 0) is 18.2 Å². The first kappa shape index (κ1) is 11.0. The summed E-state index contributed by atoms with van der Waals surface area (Å²) in [5.74, 6) is -1.14.